The zero-order valence-corrected chi connectivity index (χ0v) is 12.4. The van der Waals surface area contributed by atoms with Crippen molar-refractivity contribution in [3.05, 3.63) is 17.5 Å². The first kappa shape index (κ1) is 14.7. The fourth-order valence-corrected chi connectivity index (χ4v) is 3.28. The Morgan fingerprint density at radius 1 is 1.55 bits per heavy atom. The van der Waals surface area contributed by atoms with Crippen molar-refractivity contribution in [2.75, 3.05) is 6.54 Å². The Hall–Kier alpha value is -2.18. The summed E-state index contributed by atoms with van der Waals surface area (Å²) in [5.41, 5.74) is 1.38. The molecule has 3 heterocycles. The molecule has 2 amide bonds. The van der Waals surface area contributed by atoms with Gasteiger partial charge in [-0.15, -0.1) is 4.28 Å². The molecule has 12 heteroatoms. The first-order valence-corrected chi connectivity index (χ1v) is 7.58. The van der Waals surface area contributed by atoms with Crippen LogP contribution in [0.5, 0.6) is 0 Å². The van der Waals surface area contributed by atoms with Crippen molar-refractivity contribution < 1.29 is 27.3 Å². The smallest absolute Gasteiger partial charge is 0.411 e. The van der Waals surface area contributed by atoms with Gasteiger partial charge in [0.2, 0.25) is 0 Å². The van der Waals surface area contributed by atoms with Gasteiger partial charge < -0.3 is 10.1 Å². The molecule has 0 saturated carbocycles. The van der Waals surface area contributed by atoms with E-state index in [0.717, 1.165) is 0 Å². The van der Waals surface area contributed by atoms with Crippen molar-refractivity contribution in [1.82, 2.24) is 19.7 Å². The second-order valence-corrected chi connectivity index (χ2v) is 6.04. The zero-order chi connectivity index (χ0) is 16.2. The molecule has 1 fully saturated rings. The number of oxime groups is 1. The summed E-state index contributed by atoms with van der Waals surface area (Å²) in [5.74, 6) is 0. The van der Waals surface area contributed by atoms with E-state index in [1.165, 1.54) is 22.7 Å². The first-order valence-electron chi connectivity index (χ1n) is 6.21. The fourth-order valence-electron chi connectivity index (χ4n) is 2.91. The predicted octanol–water partition coefficient (Wildman–Crippen LogP) is -0.162. The van der Waals surface area contributed by atoms with Gasteiger partial charge in [0.25, 0.3) is 0 Å². The van der Waals surface area contributed by atoms with Gasteiger partial charge in [-0.2, -0.15) is 18.6 Å². The lowest BCUT2D eigenvalue weighted by molar-refractivity contribution is -0.0316. The molecule has 2 atom stereocenters. The largest absolute Gasteiger partial charge is 0.418 e. The topological polar surface area (TPSA) is 138 Å². The molecule has 0 radical (unpaired) electrons. The van der Waals surface area contributed by atoms with Gasteiger partial charge in [0.1, 0.15) is 12.1 Å². The third-order valence-electron chi connectivity index (χ3n) is 3.76. The highest BCUT2D eigenvalue weighted by Crippen LogP contribution is 2.44. The van der Waals surface area contributed by atoms with E-state index in [-0.39, 0.29) is 12.3 Å². The average molecular weight is 331 g/mol. The minimum atomic E-state index is -4.85. The van der Waals surface area contributed by atoms with Crippen LogP contribution in [0.4, 0.5) is 4.79 Å². The Labute approximate surface area is 125 Å². The maximum absolute atomic E-state index is 12.4. The minimum absolute atomic E-state index is 0.116. The van der Waals surface area contributed by atoms with E-state index in [9.17, 15) is 13.2 Å². The molecule has 1 aromatic heterocycles. The van der Waals surface area contributed by atoms with Gasteiger partial charge >= 0.3 is 16.4 Å². The fraction of sp³-hybridized carbons (Fsp3) is 0.500. The van der Waals surface area contributed by atoms with Crippen molar-refractivity contribution in [1.29, 1.82) is 0 Å². The molecular formula is C10H13N5O6S. The Bertz CT molecular complexity index is 771. The molecule has 1 aromatic rings. The third kappa shape index (κ3) is 2.03. The number of fused-ring (bicyclic) bond motifs is 4. The van der Waals surface area contributed by atoms with Crippen LogP contribution in [0.2, 0.25) is 0 Å². The number of hydrogen-bond acceptors (Lipinski definition) is 7. The number of hydroxylamine groups is 2. The molecule has 0 aliphatic carbocycles. The molecule has 11 nitrogen and oxygen atoms in total. The molecule has 2 bridgehead atoms. The molecule has 2 aliphatic rings. The Morgan fingerprint density at radius 3 is 2.82 bits per heavy atom. The quantitative estimate of drug-likeness (QED) is 0.339. The highest BCUT2D eigenvalue weighted by atomic mass is 32.3. The van der Waals surface area contributed by atoms with Gasteiger partial charge in [0.05, 0.1) is 24.1 Å². The van der Waals surface area contributed by atoms with Crippen LogP contribution in [0.1, 0.15) is 30.3 Å². The number of carbonyl (C=O) groups is 1. The number of amides is 2. The second kappa shape index (κ2) is 4.66. The lowest BCUT2D eigenvalue weighted by atomic mass is 9.95. The van der Waals surface area contributed by atoms with E-state index in [0.29, 0.717) is 16.3 Å². The molecule has 2 aliphatic heterocycles. The summed E-state index contributed by atoms with van der Waals surface area (Å²) in [7, 11) is -3.19. The Kier molecular flexibility index (Phi) is 3.12. The van der Waals surface area contributed by atoms with Gasteiger partial charge in [0, 0.05) is 12.6 Å². The van der Waals surface area contributed by atoms with E-state index < -0.39 is 28.5 Å². The summed E-state index contributed by atoms with van der Waals surface area (Å²) < 4.78 is 36.6. The van der Waals surface area contributed by atoms with Crippen LogP contribution in [0.3, 0.4) is 0 Å². The molecular weight excluding hydrogens is 318 g/mol. The average Bonchev–Trinajstić information content (AvgIpc) is 2.93. The van der Waals surface area contributed by atoms with Crippen LogP contribution in [-0.4, -0.2) is 56.2 Å². The summed E-state index contributed by atoms with van der Waals surface area (Å²) >= 11 is 0. The number of rotatable bonds is 3. The molecule has 0 aromatic carbocycles. The van der Waals surface area contributed by atoms with Crippen LogP contribution in [0.15, 0.2) is 11.4 Å². The zero-order valence-electron chi connectivity index (χ0n) is 11.6. The van der Waals surface area contributed by atoms with E-state index in [2.05, 4.69) is 14.5 Å². The number of aryl methyl sites for hydroxylation is 1. The van der Waals surface area contributed by atoms with Crippen LogP contribution >= 0.6 is 0 Å². The summed E-state index contributed by atoms with van der Waals surface area (Å²) in [4.78, 5) is 13.6. The maximum atomic E-state index is 12.4. The standard InChI is InChI=1S/C10H13N5O6S/c1-5(12-17)8-9-6(3-11-13(9)2)7-4-14(8)10(16)15(7)21-22(18,19)20/h3,7-8,17H,4H2,1-2H3,(H,18,19,20)/b12-5+. The Balaban J connectivity index is 2.13. The monoisotopic (exact) mass is 331 g/mol. The molecule has 22 heavy (non-hydrogen) atoms. The molecule has 2 unspecified atom stereocenters. The van der Waals surface area contributed by atoms with Crippen LogP contribution < -0.4 is 0 Å². The Morgan fingerprint density at radius 2 is 2.23 bits per heavy atom. The van der Waals surface area contributed by atoms with Gasteiger partial charge in [-0.25, -0.2) is 4.79 Å². The van der Waals surface area contributed by atoms with Crippen molar-refractivity contribution in [3.63, 3.8) is 0 Å². The number of urea groups is 1. The molecule has 3 rings (SSSR count). The highest BCUT2D eigenvalue weighted by Gasteiger charge is 2.52. The van der Waals surface area contributed by atoms with Crippen LogP contribution in [0.25, 0.3) is 0 Å². The second-order valence-electron chi connectivity index (χ2n) is 5.03. The van der Waals surface area contributed by atoms with Crippen molar-refractivity contribution >= 4 is 22.1 Å². The summed E-state index contributed by atoms with van der Waals surface area (Å²) in [6.45, 7) is 1.64. The summed E-state index contributed by atoms with van der Waals surface area (Å²) in [6.07, 6.45) is 1.48. The van der Waals surface area contributed by atoms with E-state index >= 15 is 0 Å². The number of carbonyl (C=O) groups excluding carboxylic acids is 1. The summed E-state index contributed by atoms with van der Waals surface area (Å²) in [6, 6.07) is -2.20. The predicted molar refractivity (Wildman–Crippen MR) is 70.2 cm³/mol. The van der Waals surface area contributed by atoms with Gasteiger partial charge in [0.15, 0.2) is 0 Å². The van der Waals surface area contributed by atoms with Crippen LogP contribution in [0, 0.1) is 0 Å². The first-order chi connectivity index (χ1) is 10.2. The van der Waals surface area contributed by atoms with Gasteiger partial charge in [-0.3, -0.25) is 9.23 Å². The van der Waals surface area contributed by atoms with E-state index in [4.69, 9.17) is 9.76 Å². The van der Waals surface area contributed by atoms with E-state index in [1.807, 2.05) is 0 Å². The number of nitrogens with zero attached hydrogens (tertiary/aromatic N) is 5. The van der Waals surface area contributed by atoms with Crippen molar-refractivity contribution in [3.8, 4) is 0 Å². The van der Waals surface area contributed by atoms with Gasteiger partial charge in [-0.05, 0) is 6.92 Å². The molecule has 120 valence electrons. The normalized spacial score (nSPS) is 24.9. The minimum Gasteiger partial charge on any atom is -0.411 e. The number of hydrogen-bond donors (Lipinski definition) is 2. The van der Waals surface area contributed by atoms with Crippen LogP contribution in [-0.2, 0) is 21.7 Å². The lowest BCUT2D eigenvalue weighted by Crippen LogP contribution is -2.39. The molecule has 0 spiro atoms. The van der Waals surface area contributed by atoms with Gasteiger partial charge in [-0.1, -0.05) is 5.16 Å². The number of aromatic nitrogens is 2. The lowest BCUT2D eigenvalue weighted by Gasteiger charge is -2.30. The van der Waals surface area contributed by atoms with E-state index in [1.54, 1.807) is 7.05 Å². The third-order valence-corrected chi connectivity index (χ3v) is 4.11. The maximum Gasteiger partial charge on any atom is 0.418 e. The summed E-state index contributed by atoms with van der Waals surface area (Å²) in [5, 5.41) is 16.9. The molecule has 1 saturated heterocycles. The SMILES string of the molecule is C/C(=N\O)C1c2c(cnn2C)C2CN1C(=O)N2OS(=O)(=O)O. The highest BCUT2D eigenvalue weighted by molar-refractivity contribution is 7.80. The molecule has 2 N–H and O–H groups in total. The van der Waals surface area contributed by atoms with Crippen molar-refractivity contribution in [2.45, 2.75) is 19.0 Å². The van der Waals surface area contributed by atoms with Crippen molar-refractivity contribution in [2.24, 2.45) is 12.2 Å².